The molecule has 0 spiro atoms. The molecule has 0 saturated carbocycles. The first-order valence-electron chi connectivity index (χ1n) is 11.2. The Balaban J connectivity index is 0.00000298. The number of nitrogens with two attached hydrogens (primary N) is 1. The lowest BCUT2D eigenvalue weighted by molar-refractivity contribution is -0.129. The lowest BCUT2D eigenvalue weighted by atomic mass is 9.98. The van der Waals surface area contributed by atoms with E-state index in [0.717, 1.165) is 24.0 Å². The van der Waals surface area contributed by atoms with Gasteiger partial charge in [0, 0.05) is 23.8 Å². The van der Waals surface area contributed by atoms with Crippen LogP contribution in [0.2, 0.25) is 5.02 Å². The third-order valence-corrected chi connectivity index (χ3v) is 6.34. The smallest absolute Gasteiger partial charge is 0.239 e. The van der Waals surface area contributed by atoms with E-state index in [2.05, 4.69) is 17.8 Å². The second kappa shape index (κ2) is 13.2. The molecule has 9 heteroatoms. The predicted molar refractivity (Wildman–Crippen MR) is 140 cm³/mol. The number of aliphatic imine (C=N–C) groups is 1. The first-order chi connectivity index (χ1) is 16.3. The van der Waals surface area contributed by atoms with Gasteiger partial charge in [-0.1, -0.05) is 29.3 Å². The molecule has 1 aliphatic rings. The quantitative estimate of drug-likeness (QED) is 0.286. The summed E-state index contributed by atoms with van der Waals surface area (Å²) in [5.74, 6) is -0.782. The van der Waals surface area contributed by atoms with Crippen molar-refractivity contribution in [3.05, 3.63) is 45.0 Å². The van der Waals surface area contributed by atoms with Crippen LogP contribution in [-0.2, 0) is 20.7 Å². The number of phenols is 2. The number of Topliss-reactive ketones (excluding diaryl/α,β-unsaturated/α-hetero) is 1. The van der Waals surface area contributed by atoms with Crippen LogP contribution in [-0.4, -0.2) is 53.1 Å². The first kappa shape index (κ1) is 30.1. The van der Waals surface area contributed by atoms with Crippen molar-refractivity contribution in [1.29, 1.82) is 5.41 Å². The molecule has 1 saturated heterocycles. The van der Waals surface area contributed by atoms with Crippen molar-refractivity contribution in [2.45, 2.75) is 72.0 Å². The molecule has 2 rings (SSSR count). The van der Waals surface area contributed by atoms with E-state index in [4.69, 9.17) is 27.5 Å². The maximum absolute atomic E-state index is 12.0. The molecular formula is C26H36ClN3O5. The summed E-state index contributed by atoms with van der Waals surface area (Å²) >= 11 is 6.25. The van der Waals surface area contributed by atoms with Gasteiger partial charge < -0.3 is 26.1 Å². The second-order valence-corrected chi connectivity index (χ2v) is 9.33. The van der Waals surface area contributed by atoms with Crippen LogP contribution in [0.25, 0.3) is 0 Å². The van der Waals surface area contributed by atoms with Crippen molar-refractivity contribution in [1.82, 2.24) is 0 Å². The van der Waals surface area contributed by atoms with Gasteiger partial charge in [-0.25, -0.2) is 0 Å². The molecule has 1 aromatic carbocycles. The Bertz CT molecular complexity index is 1040. The molecule has 1 amide bonds. The Hall–Kier alpha value is -2.97. The summed E-state index contributed by atoms with van der Waals surface area (Å²) in [6.45, 7) is 11.5. The number of aromatic hydroxyl groups is 2. The van der Waals surface area contributed by atoms with E-state index in [9.17, 15) is 19.8 Å². The summed E-state index contributed by atoms with van der Waals surface area (Å²) in [6.07, 6.45) is 7.41. The number of primary amides is 1. The maximum atomic E-state index is 12.0. The molecule has 0 radical (unpaired) electrons. The Kier molecular flexibility index (Phi) is 11.3. The Morgan fingerprint density at radius 1 is 1.29 bits per heavy atom. The first-order valence-corrected chi connectivity index (χ1v) is 11.6. The summed E-state index contributed by atoms with van der Waals surface area (Å²) in [7, 11) is 0. The van der Waals surface area contributed by atoms with E-state index in [1.165, 1.54) is 6.21 Å². The number of rotatable bonds is 9. The number of hydrogen-bond acceptors (Lipinski definition) is 7. The van der Waals surface area contributed by atoms with Crippen LogP contribution in [0.15, 0.2) is 28.3 Å². The van der Waals surface area contributed by atoms with Crippen LogP contribution >= 0.6 is 11.6 Å². The normalized spacial score (nSPS) is 18.0. The average Bonchev–Trinajstić information content (AvgIpc) is 3.08. The highest BCUT2D eigenvalue weighted by molar-refractivity contribution is 6.33. The summed E-state index contributed by atoms with van der Waals surface area (Å²) in [6, 6.07) is 0. The molecule has 1 aromatic rings. The SMILES string of the molecule is C/C(=C\Cc1c(O)c(Cl)c(C)c(C=NCC(N)=O)c1O)CC/C=C(\C)[C@@H]1CC(=O)C(C)(C)O1.C=N. The number of carbonyl (C=O) groups is 2. The molecule has 0 bridgehead atoms. The topological polar surface area (TPSA) is 146 Å². The summed E-state index contributed by atoms with van der Waals surface area (Å²) < 4.78 is 5.85. The van der Waals surface area contributed by atoms with Gasteiger partial charge in [0.25, 0.3) is 0 Å². The minimum Gasteiger partial charge on any atom is -0.507 e. The van der Waals surface area contributed by atoms with E-state index in [-0.39, 0.29) is 46.9 Å². The largest absolute Gasteiger partial charge is 0.507 e. The fourth-order valence-electron chi connectivity index (χ4n) is 3.63. The number of ketones is 1. The fourth-order valence-corrected chi connectivity index (χ4v) is 3.84. The Morgan fingerprint density at radius 3 is 2.46 bits per heavy atom. The fraction of sp³-hybridized carbons (Fsp3) is 0.462. The van der Waals surface area contributed by atoms with E-state index >= 15 is 0 Å². The summed E-state index contributed by atoms with van der Waals surface area (Å²) in [5.41, 5.74) is 7.57. The van der Waals surface area contributed by atoms with Gasteiger partial charge in [-0.3, -0.25) is 14.6 Å². The van der Waals surface area contributed by atoms with Crippen molar-refractivity contribution in [3.63, 3.8) is 0 Å². The van der Waals surface area contributed by atoms with Gasteiger partial charge in [0.15, 0.2) is 5.78 Å². The van der Waals surface area contributed by atoms with E-state index in [1.807, 2.05) is 19.9 Å². The molecule has 1 fully saturated rings. The van der Waals surface area contributed by atoms with Crippen LogP contribution in [0.3, 0.4) is 0 Å². The summed E-state index contributed by atoms with van der Waals surface area (Å²) in [5, 5.41) is 26.8. The number of ether oxygens (including phenoxy) is 1. The van der Waals surface area contributed by atoms with Crippen molar-refractivity contribution in [2.75, 3.05) is 6.54 Å². The molecule has 0 unspecified atom stereocenters. The molecule has 0 aliphatic carbocycles. The number of nitrogens with one attached hydrogen (secondary N) is 1. The molecule has 0 aromatic heterocycles. The van der Waals surface area contributed by atoms with Crippen LogP contribution < -0.4 is 5.73 Å². The Labute approximate surface area is 212 Å². The standard InChI is InChI=1S/C25H33ClN2O5.CH3N/c1-14(7-6-8-15(2)19-11-20(29)25(4,5)33-19)9-10-17-23(31)18(12-28-13-21(27)30)16(3)22(26)24(17)32;1-2/h8-9,12,19,31-32H,6-7,10-11,13H2,1-5H3,(H2,27,30);2H,1H2/b14-9+,15-8+,28-12?;/t19-;/m0./s1. The molecule has 1 heterocycles. The van der Waals surface area contributed by atoms with Crippen LogP contribution in [0.4, 0.5) is 0 Å². The number of halogens is 1. The molecule has 192 valence electrons. The van der Waals surface area contributed by atoms with Gasteiger partial charge in [-0.2, -0.15) is 0 Å². The van der Waals surface area contributed by atoms with Gasteiger partial charge in [0.2, 0.25) is 5.91 Å². The van der Waals surface area contributed by atoms with Crippen molar-refractivity contribution in [3.8, 4) is 11.5 Å². The van der Waals surface area contributed by atoms with Crippen LogP contribution in [0.5, 0.6) is 11.5 Å². The summed E-state index contributed by atoms with van der Waals surface area (Å²) in [4.78, 5) is 26.8. The highest BCUT2D eigenvalue weighted by Crippen LogP contribution is 2.40. The minimum absolute atomic E-state index is 0.117. The maximum Gasteiger partial charge on any atom is 0.239 e. The molecule has 1 atom stereocenters. The van der Waals surface area contributed by atoms with Gasteiger partial charge in [-0.05, 0) is 71.7 Å². The van der Waals surface area contributed by atoms with E-state index < -0.39 is 11.5 Å². The molecule has 1 aliphatic heterocycles. The number of amides is 1. The highest BCUT2D eigenvalue weighted by atomic mass is 35.5. The molecule has 35 heavy (non-hydrogen) atoms. The molecular weight excluding hydrogens is 470 g/mol. The zero-order valence-electron chi connectivity index (χ0n) is 21.1. The van der Waals surface area contributed by atoms with Gasteiger partial charge in [0.1, 0.15) is 23.6 Å². The lowest BCUT2D eigenvalue weighted by Gasteiger charge is -2.18. The molecule has 8 nitrogen and oxygen atoms in total. The van der Waals surface area contributed by atoms with Crippen molar-refractivity contribution < 1.29 is 24.5 Å². The number of benzene rings is 1. The van der Waals surface area contributed by atoms with Crippen molar-refractivity contribution >= 4 is 36.2 Å². The predicted octanol–water partition coefficient (Wildman–Crippen LogP) is 4.58. The molecule has 5 N–H and O–H groups in total. The third kappa shape index (κ3) is 8.04. The zero-order chi connectivity index (χ0) is 26.9. The number of nitrogens with zero attached hydrogens (tertiary/aromatic N) is 1. The van der Waals surface area contributed by atoms with Gasteiger partial charge in [-0.15, -0.1) is 0 Å². The highest BCUT2D eigenvalue weighted by Gasteiger charge is 2.40. The monoisotopic (exact) mass is 505 g/mol. The van der Waals surface area contributed by atoms with E-state index in [1.54, 1.807) is 20.8 Å². The number of hydrogen-bond donors (Lipinski definition) is 4. The van der Waals surface area contributed by atoms with Gasteiger partial charge in [0.05, 0.1) is 11.1 Å². The Morgan fingerprint density at radius 2 is 1.91 bits per heavy atom. The van der Waals surface area contributed by atoms with Crippen LogP contribution in [0, 0.1) is 12.3 Å². The van der Waals surface area contributed by atoms with Crippen LogP contribution in [0.1, 0.15) is 63.6 Å². The zero-order valence-corrected chi connectivity index (χ0v) is 21.8. The van der Waals surface area contributed by atoms with Gasteiger partial charge >= 0.3 is 0 Å². The van der Waals surface area contributed by atoms with Crippen molar-refractivity contribution in [2.24, 2.45) is 10.7 Å². The number of carbonyl (C=O) groups excluding carboxylic acids is 2. The third-order valence-electron chi connectivity index (χ3n) is 5.88. The van der Waals surface area contributed by atoms with E-state index in [0.29, 0.717) is 17.5 Å². The number of allylic oxidation sites excluding steroid dienone is 3. The minimum atomic E-state index is -0.724. The number of phenolic OH excluding ortho intramolecular Hbond substituents is 2. The lowest BCUT2D eigenvalue weighted by Crippen LogP contribution is -2.27. The average molecular weight is 506 g/mol. The second-order valence-electron chi connectivity index (χ2n) is 8.95.